The van der Waals surface area contributed by atoms with Gasteiger partial charge in [-0.1, -0.05) is 19.1 Å². The highest BCUT2D eigenvalue weighted by Gasteiger charge is 2.23. The van der Waals surface area contributed by atoms with Crippen LogP contribution in [0.15, 0.2) is 28.7 Å². The monoisotopic (exact) mass is 300 g/mol. The predicted molar refractivity (Wildman–Crippen MR) is 71.8 cm³/mol. The lowest BCUT2D eigenvalue weighted by atomic mass is 10.0. The first-order valence-corrected chi connectivity index (χ1v) is 6.15. The summed E-state index contributed by atoms with van der Waals surface area (Å²) in [5, 5.41) is 3.13. The van der Waals surface area contributed by atoms with Crippen molar-refractivity contribution in [3.8, 4) is 0 Å². The molecule has 0 saturated carbocycles. The molecule has 1 rings (SSSR count). The quantitative estimate of drug-likeness (QED) is 0.844. The molecule has 1 amide bonds. The van der Waals surface area contributed by atoms with Gasteiger partial charge in [0.15, 0.2) is 0 Å². The Labute approximate surface area is 110 Å². The SMILES string of the molecule is COCC(C)C(Nc1ccccc1Br)C(N)=O. The van der Waals surface area contributed by atoms with Crippen LogP contribution in [0.5, 0.6) is 0 Å². The number of primary amides is 1. The van der Waals surface area contributed by atoms with E-state index in [2.05, 4.69) is 21.2 Å². The number of ether oxygens (including phenoxy) is 1. The number of carbonyl (C=O) groups is 1. The molecule has 3 N–H and O–H groups in total. The summed E-state index contributed by atoms with van der Waals surface area (Å²) in [7, 11) is 1.60. The van der Waals surface area contributed by atoms with Crippen molar-refractivity contribution in [2.75, 3.05) is 19.0 Å². The van der Waals surface area contributed by atoms with Crippen LogP contribution in [0.3, 0.4) is 0 Å². The fraction of sp³-hybridized carbons (Fsp3) is 0.417. The summed E-state index contributed by atoms with van der Waals surface area (Å²) >= 11 is 3.42. The predicted octanol–water partition coefficient (Wildman–Crippen LogP) is 2.00. The van der Waals surface area contributed by atoms with Gasteiger partial charge in [0.1, 0.15) is 6.04 Å². The Morgan fingerprint density at radius 1 is 1.53 bits per heavy atom. The van der Waals surface area contributed by atoms with Gasteiger partial charge in [0, 0.05) is 23.2 Å². The zero-order valence-corrected chi connectivity index (χ0v) is 11.5. The Balaban J connectivity index is 2.80. The van der Waals surface area contributed by atoms with Gasteiger partial charge in [-0.05, 0) is 28.1 Å². The molecule has 0 saturated heterocycles. The Kier molecular flexibility index (Phi) is 5.44. The van der Waals surface area contributed by atoms with Crippen molar-refractivity contribution in [3.05, 3.63) is 28.7 Å². The van der Waals surface area contributed by atoms with Gasteiger partial charge in [0.2, 0.25) is 5.91 Å². The van der Waals surface area contributed by atoms with E-state index >= 15 is 0 Å². The first-order chi connectivity index (χ1) is 8.06. The van der Waals surface area contributed by atoms with E-state index in [1.807, 2.05) is 31.2 Å². The fourth-order valence-corrected chi connectivity index (χ4v) is 2.00. The molecule has 2 atom stereocenters. The van der Waals surface area contributed by atoms with Crippen LogP contribution < -0.4 is 11.1 Å². The van der Waals surface area contributed by atoms with Gasteiger partial charge < -0.3 is 15.8 Å². The minimum Gasteiger partial charge on any atom is -0.384 e. The first kappa shape index (κ1) is 14.0. The van der Waals surface area contributed by atoms with E-state index in [4.69, 9.17) is 10.5 Å². The molecule has 0 fully saturated rings. The average molecular weight is 301 g/mol. The van der Waals surface area contributed by atoms with Gasteiger partial charge in [-0.25, -0.2) is 0 Å². The van der Waals surface area contributed by atoms with E-state index in [-0.39, 0.29) is 11.8 Å². The summed E-state index contributed by atoms with van der Waals surface area (Å²) in [5.74, 6) is -0.380. The first-order valence-electron chi connectivity index (χ1n) is 5.35. The van der Waals surface area contributed by atoms with Gasteiger partial charge >= 0.3 is 0 Å². The molecule has 0 spiro atoms. The Morgan fingerprint density at radius 2 is 2.18 bits per heavy atom. The standard InChI is InChI=1S/C12H17BrN2O2/c1-8(7-17-2)11(12(14)16)15-10-6-4-3-5-9(10)13/h3-6,8,11,15H,7H2,1-2H3,(H2,14,16). The Morgan fingerprint density at radius 3 is 2.71 bits per heavy atom. The maximum absolute atomic E-state index is 11.4. The summed E-state index contributed by atoms with van der Waals surface area (Å²) < 4.78 is 5.94. The molecule has 0 radical (unpaired) electrons. The molecular weight excluding hydrogens is 284 g/mol. The van der Waals surface area contributed by atoms with Gasteiger partial charge in [-0.2, -0.15) is 0 Å². The van der Waals surface area contributed by atoms with E-state index in [1.165, 1.54) is 0 Å². The number of hydrogen-bond donors (Lipinski definition) is 2. The number of para-hydroxylation sites is 1. The van der Waals surface area contributed by atoms with Gasteiger partial charge in [-0.15, -0.1) is 0 Å². The van der Waals surface area contributed by atoms with Crippen LogP contribution in [0.25, 0.3) is 0 Å². The third kappa shape index (κ3) is 4.02. The topological polar surface area (TPSA) is 64.3 Å². The van der Waals surface area contributed by atoms with E-state index in [9.17, 15) is 4.79 Å². The molecule has 0 aromatic heterocycles. The average Bonchev–Trinajstić information content (AvgIpc) is 2.27. The summed E-state index contributed by atoms with van der Waals surface area (Å²) in [6.45, 7) is 2.40. The number of hydrogen-bond acceptors (Lipinski definition) is 3. The molecule has 4 nitrogen and oxygen atoms in total. The highest BCUT2D eigenvalue weighted by molar-refractivity contribution is 9.10. The lowest BCUT2D eigenvalue weighted by Gasteiger charge is -2.23. The normalized spacial score (nSPS) is 14.1. The molecule has 94 valence electrons. The number of rotatable bonds is 6. The van der Waals surface area contributed by atoms with Crippen LogP contribution in [0.2, 0.25) is 0 Å². The number of halogens is 1. The molecular formula is C12H17BrN2O2. The molecule has 2 unspecified atom stereocenters. The number of carbonyl (C=O) groups excluding carboxylic acids is 1. The smallest absolute Gasteiger partial charge is 0.240 e. The highest BCUT2D eigenvalue weighted by Crippen LogP contribution is 2.23. The number of benzene rings is 1. The molecule has 0 aliphatic carbocycles. The molecule has 0 bridgehead atoms. The van der Waals surface area contributed by atoms with Crippen LogP contribution >= 0.6 is 15.9 Å². The second kappa shape index (κ2) is 6.61. The maximum Gasteiger partial charge on any atom is 0.240 e. The Bertz CT molecular complexity index is 385. The summed E-state index contributed by atoms with van der Waals surface area (Å²) in [4.78, 5) is 11.4. The Hall–Kier alpha value is -1.07. The third-order valence-corrected chi connectivity index (χ3v) is 3.18. The second-order valence-electron chi connectivity index (χ2n) is 3.94. The summed E-state index contributed by atoms with van der Waals surface area (Å²) in [5.41, 5.74) is 6.24. The third-order valence-electron chi connectivity index (χ3n) is 2.49. The van der Waals surface area contributed by atoms with Crippen molar-refractivity contribution < 1.29 is 9.53 Å². The van der Waals surface area contributed by atoms with Crippen LogP contribution in [0.4, 0.5) is 5.69 Å². The zero-order chi connectivity index (χ0) is 12.8. The molecule has 1 aromatic rings. The van der Waals surface area contributed by atoms with E-state index in [0.29, 0.717) is 6.61 Å². The number of amides is 1. The van der Waals surface area contributed by atoms with Gasteiger partial charge in [0.25, 0.3) is 0 Å². The highest BCUT2D eigenvalue weighted by atomic mass is 79.9. The zero-order valence-electron chi connectivity index (χ0n) is 9.94. The molecule has 0 heterocycles. The van der Waals surface area contributed by atoms with E-state index in [0.717, 1.165) is 10.2 Å². The van der Waals surface area contributed by atoms with Crippen molar-refractivity contribution in [1.82, 2.24) is 0 Å². The molecule has 1 aromatic carbocycles. The molecule has 0 aliphatic heterocycles. The summed E-state index contributed by atoms with van der Waals surface area (Å²) in [6, 6.07) is 7.15. The van der Waals surface area contributed by atoms with E-state index < -0.39 is 6.04 Å². The van der Waals surface area contributed by atoms with Crippen LogP contribution in [-0.4, -0.2) is 25.7 Å². The largest absolute Gasteiger partial charge is 0.384 e. The van der Waals surface area contributed by atoms with Crippen molar-refractivity contribution in [2.24, 2.45) is 11.7 Å². The van der Waals surface area contributed by atoms with E-state index in [1.54, 1.807) is 7.11 Å². The van der Waals surface area contributed by atoms with Crippen LogP contribution in [-0.2, 0) is 9.53 Å². The molecule has 0 aliphatic rings. The van der Waals surface area contributed by atoms with Crippen molar-refractivity contribution >= 4 is 27.5 Å². The number of nitrogens with one attached hydrogen (secondary N) is 1. The van der Waals surface area contributed by atoms with Crippen molar-refractivity contribution in [1.29, 1.82) is 0 Å². The molecule has 5 heteroatoms. The number of nitrogens with two attached hydrogens (primary N) is 1. The second-order valence-corrected chi connectivity index (χ2v) is 4.79. The maximum atomic E-state index is 11.4. The van der Waals surface area contributed by atoms with Crippen molar-refractivity contribution in [3.63, 3.8) is 0 Å². The fourth-order valence-electron chi connectivity index (χ4n) is 1.60. The van der Waals surface area contributed by atoms with Gasteiger partial charge in [-0.3, -0.25) is 4.79 Å². The number of methoxy groups -OCH3 is 1. The minimum atomic E-state index is -0.450. The van der Waals surface area contributed by atoms with Crippen LogP contribution in [0, 0.1) is 5.92 Å². The minimum absolute atomic E-state index is 0.00426. The summed E-state index contributed by atoms with van der Waals surface area (Å²) in [6.07, 6.45) is 0. The van der Waals surface area contributed by atoms with Gasteiger partial charge in [0.05, 0.1) is 6.61 Å². The lowest BCUT2D eigenvalue weighted by molar-refractivity contribution is -0.120. The lowest BCUT2D eigenvalue weighted by Crippen LogP contribution is -2.42. The number of anilines is 1. The van der Waals surface area contributed by atoms with Crippen molar-refractivity contribution in [2.45, 2.75) is 13.0 Å². The molecule has 17 heavy (non-hydrogen) atoms. The van der Waals surface area contributed by atoms with Crippen LogP contribution in [0.1, 0.15) is 6.92 Å².